The molecule has 3 N–H and O–H groups in total. The van der Waals surface area contributed by atoms with Crippen LogP contribution in [0.2, 0.25) is 5.15 Å². The molecule has 1 heterocycles. The number of aromatic nitrogens is 1. The van der Waals surface area contributed by atoms with E-state index in [-0.39, 0.29) is 28.6 Å². The summed E-state index contributed by atoms with van der Waals surface area (Å²) in [6.45, 7) is 0. The van der Waals surface area contributed by atoms with Gasteiger partial charge in [-0.2, -0.15) is 0 Å². The smallest absolute Gasteiger partial charge is 0.254 e. The number of carbonyl (C=O) groups excluding carboxylic acids is 2. The van der Waals surface area contributed by atoms with Gasteiger partial charge >= 0.3 is 0 Å². The maximum atomic E-state index is 13.1. The van der Waals surface area contributed by atoms with Crippen LogP contribution in [0.4, 0.5) is 4.39 Å². The first-order valence-corrected chi connectivity index (χ1v) is 6.76. The van der Waals surface area contributed by atoms with E-state index in [0.29, 0.717) is 25.7 Å². The first-order chi connectivity index (χ1) is 9.47. The fourth-order valence-electron chi connectivity index (χ4n) is 2.37. The van der Waals surface area contributed by atoms with E-state index in [2.05, 4.69) is 10.3 Å². The number of primary amides is 1. The van der Waals surface area contributed by atoms with Crippen molar-refractivity contribution in [3.63, 3.8) is 0 Å². The Morgan fingerprint density at radius 3 is 2.60 bits per heavy atom. The predicted molar refractivity (Wildman–Crippen MR) is 71.6 cm³/mol. The van der Waals surface area contributed by atoms with Gasteiger partial charge in [-0.3, -0.25) is 9.59 Å². The molecule has 0 aliphatic heterocycles. The molecule has 0 spiro atoms. The average Bonchev–Trinajstić information content (AvgIpc) is 2.42. The van der Waals surface area contributed by atoms with Crippen molar-refractivity contribution >= 4 is 23.4 Å². The van der Waals surface area contributed by atoms with Gasteiger partial charge in [0.15, 0.2) is 0 Å². The lowest BCUT2D eigenvalue weighted by atomic mass is 9.85. The van der Waals surface area contributed by atoms with Crippen LogP contribution in [0.25, 0.3) is 0 Å². The van der Waals surface area contributed by atoms with Crippen molar-refractivity contribution in [3.8, 4) is 0 Å². The van der Waals surface area contributed by atoms with E-state index in [1.54, 1.807) is 0 Å². The Labute approximate surface area is 120 Å². The summed E-state index contributed by atoms with van der Waals surface area (Å²) in [5.74, 6) is -1.49. The van der Waals surface area contributed by atoms with Crippen molar-refractivity contribution in [2.75, 3.05) is 0 Å². The quantitative estimate of drug-likeness (QED) is 0.832. The largest absolute Gasteiger partial charge is 0.369 e. The van der Waals surface area contributed by atoms with E-state index >= 15 is 0 Å². The maximum Gasteiger partial charge on any atom is 0.254 e. The first kappa shape index (κ1) is 14.7. The number of amides is 2. The van der Waals surface area contributed by atoms with Gasteiger partial charge in [0.05, 0.1) is 11.8 Å². The Balaban J connectivity index is 1.96. The number of nitrogens with zero attached hydrogens (tertiary/aromatic N) is 1. The van der Waals surface area contributed by atoms with Crippen molar-refractivity contribution in [1.29, 1.82) is 0 Å². The van der Waals surface area contributed by atoms with Crippen molar-refractivity contribution < 1.29 is 14.0 Å². The number of pyridine rings is 1. The highest BCUT2D eigenvalue weighted by atomic mass is 35.5. The van der Waals surface area contributed by atoms with Crippen LogP contribution < -0.4 is 11.1 Å². The molecule has 0 unspecified atom stereocenters. The molecular formula is C13H15ClFN3O2. The number of hydrogen-bond donors (Lipinski definition) is 2. The van der Waals surface area contributed by atoms with Gasteiger partial charge < -0.3 is 11.1 Å². The van der Waals surface area contributed by atoms with Crippen molar-refractivity contribution in [2.45, 2.75) is 31.7 Å². The van der Waals surface area contributed by atoms with Crippen LogP contribution in [0.3, 0.4) is 0 Å². The van der Waals surface area contributed by atoms with Gasteiger partial charge in [0.2, 0.25) is 5.91 Å². The highest BCUT2D eigenvalue weighted by Crippen LogP contribution is 2.24. The number of rotatable bonds is 3. The van der Waals surface area contributed by atoms with E-state index in [1.807, 2.05) is 0 Å². The van der Waals surface area contributed by atoms with Gasteiger partial charge in [0.25, 0.3) is 5.91 Å². The van der Waals surface area contributed by atoms with Crippen molar-refractivity contribution in [3.05, 3.63) is 28.8 Å². The van der Waals surface area contributed by atoms with Crippen LogP contribution in [0, 0.1) is 11.7 Å². The zero-order chi connectivity index (χ0) is 14.7. The second kappa shape index (κ2) is 6.17. The molecule has 1 aromatic heterocycles. The van der Waals surface area contributed by atoms with Gasteiger partial charge in [-0.15, -0.1) is 0 Å². The standard InChI is InChI=1S/C13H15ClFN3O2/c14-11-10(5-8(15)6-17-11)13(20)18-9-3-1-7(2-4-9)12(16)19/h5-7,9H,1-4H2,(H2,16,19)(H,18,20). The molecule has 1 aromatic rings. The molecule has 1 aliphatic rings. The topological polar surface area (TPSA) is 85.1 Å². The number of carbonyl (C=O) groups is 2. The number of halogens is 2. The lowest BCUT2D eigenvalue weighted by Gasteiger charge is -2.27. The molecule has 1 saturated carbocycles. The molecule has 1 fully saturated rings. The third kappa shape index (κ3) is 3.45. The maximum absolute atomic E-state index is 13.1. The number of nitrogens with one attached hydrogen (secondary N) is 1. The Bertz CT molecular complexity index is 530. The Kier molecular flexibility index (Phi) is 4.54. The van der Waals surface area contributed by atoms with Crippen molar-refractivity contribution in [1.82, 2.24) is 10.3 Å². The number of hydrogen-bond acceptors (Lipinski definition) is 3. The Morgan fingerprint density at radius 1 is 1.35 bits per heavy atom. The summed E-state index contributed by atoms with van der Waals surface area (Å²) >= 11 is 5.77. The summed E-state index contributed by atoms with van der Waals surface area (Å²) in [6.07, 6.45) is 3.58. The molecule has 0 radical (unpaired) electrons. The molecule has 1 aliphatic carbocycles. The van der Waals surface area contributed by atoms with Crippen molar-refractivity contribution in [2.24, 2.45) is 11.7 Å². The van der Waals surface area contributed by atoms with Gasteiger partial charge in [-0.05, 0) is 31.7 Å². The van der Waals surface area contributed by atoms with Gasteiger partial charge in [-0.1, -0.05) is 11.6 Å². The lowest BCUT2D eigenvalue weighted by Crippen LogP contribution is -2.39. The van der Waals surface area contributed by atoms with Gasteiger partial charge in [0.1, 0.15) is 11.0 Å². The summed E-state index contributed by atoms with van der Waals surface area (Å²) in [7, 11) is 0. The summed E-state index contributed by atoms with van der Waals surface area (Å²) in [5.41, 5.74) is 5.27. The minimum Gasteiger partial charge on any atom is -0.369 e. The fourth-order valence-corrected chi connectivity index (χ4v) is 2.56. The van der Waals surface area contributed by atoms with E-state index in [0.717, 1.165) is 12.3 Å². The average molecular weight is 300 g/mol. The summed E-state index contributed by atoms with van der Waals surface area (Å²) in [5, 5.41) is 2.75. The number of nitrogens with two attached hydrogens (primary N) is 1. The molecule has 5 nitrogen and oxygen atoms in total. The van der Waals surface area contributed by atoms with E-state index in [9.17, 15) is 14.0 Å². The molecule has 20 heavy (non-hydrogen) atoms. The summed E-state index contributed by atoms with van der Waals surface area (Å²) in [6, 6.07) is 0.997. The normalized spacial score (nSPS) is 22.3. The Hall–Kier alpha value is -1.69. The van der Waals surface area contributed by atoms with Crippen LogP contribution in [0.15, 0.2) is 12.3 Å². The molecular weight excluding hydrogens is 285 g/mol. The minimum atomic E-state index is -0.614. The predicted octanol–water partition coefficient (Wildman–Crippen LogP) is 1.65. The zero-order valence-electron chi connectivity index (χ0n) is 10.7. The molecule has 7 heteroatoms. The zero-order valence-corrected chi connectivity index (χ0v) is 11.5. The van der Waals surface area contributed by atoms with Gasteiger partial charge in [-0.25, -0.2) is 9.37 Å². The molecule has 0 aromatic carbocycles. The molecule has 2 rings (SSSR count). The molecule has 108 valence electrons. The van der Waals surface area contributed by atoms with E-state index < -0.39 is 11.7 Å². The van der Waals surface area contributed by atoms with Crippen LogP contribution in [-0.4, -0.2) is 22.8 Å². The highest BCUT2D eigenvalue weighted by molar-refractivity contribution is 6.32. The molecule has 0 bridgehead atoms. The second-order valence-electron chi connectivity index (χ2n) is 4.92. The second-order valence-corrected chi connectivity index (χ2v) is 5.27. The summed E-state index contributed by atoms with van der Waals surface area (Å²) < 4.78 is 13.1. The van der Waals surface area contributed by atoms with E-state index in [4.69, 9.17) is 17.3 Å². The third-order valence-electron chi connectivity index (χ3n) is 3.52. The molecule has 2 amide bonds. The van der Waals surface area contributed by atoms with Gasteiger partial charge in [0, 0.05) is 12.0 Å². The molecule has 0 atom stereocenters. The minimum absolute atomic E-state index is 0.0173. The van der Waals surface area contributed by atoms with Crippen LogP contribution in [0.1, 0.15) is 36.0 Å². The highest BCUT2D eigenvalue weighted by Gasteiger charge is 2.26. The van der Waals surface area contributed by atoms with E-state index in [1.165, 1.54) is 0 Å². The first-order valence-electron chi connectivity index (χ1n) is 6.38. The SMILES string of the molecule is NC(=O)C1CCC(NC(=O)c2cc(F)cnc2Cl)CC1. The third-order valence-corrected chi connectivity index (χ3v) is 3.82. The monoisotopic (exact) mass is 299 g/mol. The van der Waals surface area contributed by atoms with Crippen LogP contribution in [-0.2, 0) is 4.79 Å². The van der Waals surface area contributed by atoms with Crippen LogP contribution in [0.5, 0.6) is 0 Å². The fraction of sp³-hybridized carbons (Fsp3) is 0.462. The lowest BCUT2D eigenvalue weighted by molar-refractivity contribution is -0.122. The summed E-state index contributed by atoms with van der Waals surface area (Å²) in [4.78, 5) is 26.7. The Morgan fingerprint density at radius 2 is 2.00 bits per heavy atom. The van der Waals surface area contributed by atoms with Crippen LogP contribution >= 0.6 is 11.6 Å². The molecule has 0 saturated heterocycles.